The fraction of sp³-hybridized carbons (Fsp3) is 0.364. The molecule has 1 unspecified atom stereocenters. The highest BCUT2D eigenvalue weighted by atomic mass is 32.2. The highest BCUT2D eigenvalue weighted by Crippen LogP contribution is 2.21. The maximum atomic E-state index is 10.7. The smallest absolute Gasteiger partial charge is 0.310 e. The lowest BCUT2D eigenvalue weighted by Crippen LogP contribution is -2.06. The zero-order chi connectivity index (χ0) is 10.6. The average Bonchev–Trinajstić information content (AvgIpc) is 2.18. The van der Waals surface area contributed by atoms with Crippen LogP contribution in [0.15, 0.2) is 29.2 Å². The van der Waals surface area contributed by atoms with Gasteiger partial charge >= 0.3 is 5.97 Å². The van der Waals surface area contributed by atoms with Gasteiger partial charge in [-0.1, -0.05) is 19.1 Å². The Balaban J connectivity index is 2.77. The molecule has 0 aliphatic rings. The molecule has 0 bridgehead atoms. The number of carbonyl (C=O) groups is 1. The van der Waals surface area contributed by atoms with Gasteiger partial charge in [0.1, 0.15) is 0 Å². The van der Waals surface area contributed by atoms with Crippen molar-refractivity contribution in [3.05, 3.63) is 29.8 Å². The molecule has 0 amide bonds. The molecule has 14 heavy (non-hydrogen) atoms. The highest BCUT2D eigenvalue weighted by Gasteiger charge is 2.12. The van der Waals surface area contributed by atoms with Crippen LogP contribution in [-0.4, -0.2) is 16.8 Å². The van der Waals surface area contributed by atoms with Crippen molar-refractivity contribution in [1.29, 1.82) is 0 Å². The molecule has 0 spiro atoms. The van der Waals surface area contributed by atoms with Crippen molar-refractivity contribution in [3.8, 4) is 0 Å². The zero-order valence-electron chi connectivity index (χ0n) is 8.36. The number of thioether (sulfide) groups is 1. The van der Waals surface area contributed by atoms with E-state index in [1.165, 1.54) is 4.90 Å². The van der Waals surface area contributed by atoms with Gasteiger partial charge < -0.3 is 5.11 Å². The number of carboxylic acids is 1. The maximum absolute atomic E-state index is 10.7. The Morgan fingerprint density at radius 2 is 2.00 bits per heavy atom. The van der Waals surface area contributed by atoms with E-state index in [2.05, 4.69) is 6.92 Å². The van der Waals surface area contributed by atoms with Gasteiger partial charge in [0, 0.05) is 4.90 Å². The van der Waals surface area contributed by atoms with Crippen LogP contribution in [0, 0.1) is 0 Å². The van der Waals surface area contributed by atoms with Crippen molar-refractivity contribution in [3.63, 3.8) is 0 Å². The Morgan fingerprint density at radius 3 is 2.43 bits per heavy atom. The van der Waals surface area contributed by atoms with Crippen molar-refractivity contribution in [2.75, 3.05) is 5.75 Å². The van der Waals surface area contributed by atoms with E-state index in [1.54, 1.807) is 18.7 Å². The SMILES string of the molecule is CCSc1ccc(C(C)C(=O)O)cc1. The third kappa shape index (κ3) is 2.77. The number of aliphatic carboxylic acids is 1. The van der Waals surface area contributed by atoms with Gasteiger partial charge in [0.15, 0.2) is 0 Å². The van der Waals surface area contributed by atoms with Crippen LogP contribution in [0.1, 0.15) is 25.3 Å². The third-order valence-corrected chi connectivity index (χ3v) is 2.96. The van der Waals surface area contributed by atoms with E-state index < -0.39 is 11.9 Å². The zero-order valence-corrected chi connectivity index (χ0v) is 9.17. The van der Waals surface area contributed by atoms with Crippen LogP contribution in [0.3, 0.4) is 0 Å². The van der Waals surface area contributed by atoms with Gasteiger partial charge in [-0.2, -0.15) is 0 Å². The molecule has 0 saturated heterocycles. The molecule has 0 radical (unpaired) electrons. The summed E-state index contributed by atoms with van der Waals surface area (Å²) in [5, 5.41) is 8.80. The molecule has 1 N–H and O–H groups in total. The first-order valence-electron chi connectivity index (χ1n) is 4.60. The summed E-state index contributed by atoms with van der Waals surface area (Å²) in [7, 11) is 0. The molecule has 3 heteroatoms. The van der Waals surface area contributed by atoms with Gasteiger partial charge in [-0.05, 0) is 30.4 Å². The van der Waals surface area contributed by atoms with Crippen molar-refractivity contribution in [2.45, 2.75) is 24.7 Å². The topological polar surface area (TPSA) is 37.3 Å². The molecule has 1 atom stereocenters. The molecule has 0 aliphatic heterocycles. The Labute approximate surface area is 88.3 Å². The van der Waals surface area contributed by atoms with E-state index in [0.717, 1.165) is 11.3 Å². The monoisotopic (exact) mass is 210 g/mol. The van der Waals surface area contributed by atoms with Gasteiger partial charge in [0.2, 0.25) is 0 Å². The van der Waals surface area contributed by atoms with E-state index in [4.69, 9.17) is 5.11 Å². The molecule has 2 nitrogen and oxygen atoms in total. The number of rotatable bonds is 4. The largest absolute Gasteiger partial charge is 0.481 e. The Morgan fingerprint density at radius 1 is 1.43 bits per heavy atom. The van der Waals surface area contributed by atoms with Crippen LogP contribution in [0.4, 0.5) is 0 Å². The molecule has 0 heterocycles. The molecule has 0 fully saturated rings. The van der Waals surface area contributed by atoms with Gasteiger partial charge in [-0.3, -0.25) is 4.79 Å². The number of benzene rings is 1. The van der Waals surface area contributed by atoms with Crippen LogP contribution in [-0.2, 0) is 4.79 Å². The first kappa shape index (κ1) is 11.1. The van der Waals surface area contributed by atoms with Crippen LogP contribution in [0.2, 0.25) is 0 Å². The van der Waals surface area contributed by atoms with Crippen molar-refractivity contribution >= 4 is 17.7 Å². The minimum atomic E-state index is -0.777. The summed E-state index contributed by atoms with van der Waals surface area (Å²) in [6.07, 6.45) is 0. The maximum Gasteiger partial charge on any atom is 0.310 e. The number of hydrogen-bond donors (Lipinski definition) is 1. The van der Waals surface area contributed by atoms with E-state index >= 15 is 0 Å². The Bertz CT molecular complexity index is 306. The van der Waals surface area contributed by atoms with E-state index in [0.29, 0.717) is 0 Å². The van der Waals surface area contributed by atoms with E-state index in [1.807, 2.05) is 24.3 Å². The lowest BCUT2D eigenvalue weighted by Gasteiger charge is -2.06. The van der Waals surface area contributed by atoms with Crippen LogP contribution in [0.5, 0.6) is 0 Å². The molecule has 1 rings (SSSR count). The normalized spacial score (nSPS) is 12.4. The lowest BCUT2D eigenvalue weighted by atomic mass is 10.0. The molecular weight excluding hydrogens is 196 g/mol. The van der Waals surface area contributed by atoms with Gasteiger partial charge in [0.25, 0.3) is 0 Å². The average molecular weight is 210 g/mol. The highest BCUT2D eigenvalue weighted by molar-refractivity contribution is 7.99. The van der Waals surface area contributed by atoms with Crippen LogP contribution in [0.25, 0.3) is 0 Å². The molecule has 0 saturated carbocycles. The molecular formula is C11H14O2S. The minimum absolute atomic E-state index is 0.421. The summed E-state index contributed by atoms with van der Waals surface area (Å²) in [6.45, 7) is 3.79. The quantitative estimate of drug-likeness (QED) is 0.776. The minimum Gasteiger partial charge on any atom is -0.481 e. The fourth-order valence-corrected chi connectivity index (χ4v) is 1.82. The first-order chi connectivity index (χ1) is 6.65. The van der Waals surface area contributed by atoms with Gasteiger partial charge in [0.05, 0.1) is 5.92 Å². The molecule has 1 aromatic carbocycles. The van der Waals surface area contributed by atoms with E-state index in [-0.39, 0.29) is 0 Å². The predicted octanol–water partition coefficient (Wildman–Crippen LogP) is 2.99. The summed E-state index contributed by atoms with van der Waals surface area (Å²) in [5.74, 6) is -0.162. The van der Waals surface area contributed by atoms with Crippen molar-refractivity contribution in [1.82, 2.24) is 0 Å². The van der Waals surface area contributed by atoms with Gasteiger partial charge in [-0.15, -0.1) is 11.8 Å². The van der Waals surface area contributed by atoms with Crippen molar-refractivity contribution < 1.29 is 9.90 Å². The fourth-order valence-electron chi connectivity index (χ4n) is 1.16. The third-order valence-electron chi connectivity index (χ3n) is 2.06. The van der Waals surface area contributed by atoms with E-state index in [9.17, 15) is 4.79 Å². The number of hydrogen-bond acceptors (Lipinski definition) is 2. The molecule has 1 aromatic rings. The second kappa shape index (κ2) is 5.05. The Kier molecular flexibility index (Phi) is 4.01. The van der Waals surface area contributed by atoms with Crippen molar-refractivity contribution in [2.24, 2.45) is 0 Å². The second-order valence-electron chi connectivity index (χ2n) is 3.06. The molecule has 0 aromatic heterocycles. The summed E-state index contributed by atoms with van der Waals surface area (Å²) >= 11 is 1.76. The summed E-state index contributed by atoms with van der Waals surface area (Å²) in [4.78, 5) is 11.9. The second-order valence-corrected chi connectivity index (χ2v) is 4.40. The lowest BCUT2D eigenvalue weighted by molar-refractivity contribution is -0.138. The predicted molar refractivity (Wildman–Crippen MR) is 58.9 cm³/mol. The van der Waals surface area contributed by atoms with Crippen LogP contribution >= 0.6 is 11.8 Å². The Hall–Kier alpha value is -0.960. The standard InChI is InChI=1S/C11H14O2S/c1-3-14-10-6-4-9(5-7-10)8(2)11(12)13/h4-8H,3H2,1-2H3,(H,12,13). The molecule has 76 valence electrons. The molecule has 0 aliphatic carbocycles. The number of carboxylic acid groups (broad SMARTS) is 1. The van der Waals surface area contributed by atoms with Crippen LogP contribution < -0.4 is 0 Å². The summed E-state index contributed by atoms with van der Waals surface area (Å²) in [6, 6.07) is 7.72. The van der Waals surface area contributed by atoms with Gasteiger partial charge in [-0.25, -0.2) is 0 Å². The first-order valence-corrected chi connectivity index (χ1v) is 5.59. The summed E-state index contributed by atoms with van der Waals surface area (Å²) < 4.78 is 0. The summed E-state index contributed by atoms with van der Waals surface area (Å²) in [5.41, 5.74) is 0.859.